The van der Waals surface area contributed by atoms with Crippen LogP contribution in [-0.2, 0) is 5.41 Å². The highest BCUT2D eigenvalue weighted by Gasteiger charge is 2.22. The number of nitrogens with two attached hydrogens (primary N) is 1. The van der Waals surface area contributed by atoms with Crippen LogP contribution in [0.1, 0.15) is 25.1 Å². The second-order valence-corrected chi connectivity index (χ2v) is 4.64. The molecule has 2 heterocycles. The van der Waals surface area contributed by atoms with E-state index in [0.717, 1.165) is 16.7 Å². The van der Waals surface area contributed by atoms with Crippen LogP contribution in [0.3, 0.4) is 0 Å². The maximum atomic E-state index is 5.78. The summed E-state index contributed by atoms with van der Waals surface area (Å²) in [6, 6.07) is 4.08. The van der Waals surface area contributed by atoms with Gasteiger partial charge in [-0.25, -0.2) is 0 Å². The number of rotatable bonds is 2. The third-order valence-corrected chi connectivity index (χ3v) is 2.90. The fourth-order valence-electron chi connectivity index (χ4n) is 1.72. The fourth-order valence-corrected chi connectivity index (χ4v) is 1.72. The third-order valence-electron chi connectivity index (χ3n) is 2.90. The van der Waals surface area contributed by atoms with Gasteiger partial charge in [-0.1, -0.05) is 13.8 Å². The highest BCUT2D eigenvalue weighted by molar-refractivity contribution is 5.80. The minimum Gasteiger partial charge on any atom is -0.360 e. The number of nitrogens with zero attached hydrogens (tertiary/aromatic N) is 1. The second-order valence-electron chi connectivity index (χ2n) is 4.64. The Hall–Kier alpha value is -1.35. The summed E-state index contributed by atoms with van der Waals surface area (Å²) in [6.45, 7) is 6.90. The van der Waals surface area contributed by atoms with E-state index in [4.69, 9.17) is 5.73 Å². The number of H-pyrrole nitrogens is 1. The zero-order chi connectivity index (χ0) is 11.1. The molecule has 2 rings (SSSR count). The number of hydrogen-bond acceptors (Lipinski definition) is 2. The lowest BCUT2D eigenvalue weighted by molar-refractivity contribution is 0.543. The van der Waals surface area contributed by atoms with Gasteiger partial charge in [0.05, 0.1) is 11.0 Å². The van der Waals surface area contributed by atoms with E-state index in [9.17, 15) is 0 Å². The van der Waals surface area contributed by atoms with Crippen molar-refractivity contribution in [2.75, 3.05) is 6.54 Å². The van der Waals surface area contributed by atoms with Gasteiger partial charge in [0.2, 0.25) is 0 Å². The van der Waals surface area contributed by atoms with Gasteiger partial charge >= 0.3 is 0 Å². The second kappa shape index (κ2) is 3.35. The summed E-state index contributed by atoms with van der Waals surface area (Å²) < 4.78 is 0. The fraction of sp³-hybridized carbons (Fsp3) is 0.417. The third kappa shape index (κ3) is 1.63. The van der Waals surface area contributed by atoms with Crippen molar-refractivity contribution in [2.45, 2.75) is 26.2 Å². The Bertz CT molecular complexity index is 483. The molecule has 0 aliphatic carbocycles. The van der Waals surface area contributed by atoms with Crippen LogP contribution < -0.4 is 5.73 Å². The number of fused-ring (bicyclic) bond motifs is 1. The summed E-state index contributed by atoms with van der Waals surface area (Å²) in [6.07, 6.45) is 2.02. The van der Waals surface area contributed by atoms with E-state index < -0.39 is 0 Å². The first-order valence-electron chi connectivity index (χ1n) is 5.20. The maximum Gasteiger partial charge on any atom is 0.0919 e. The number of aromatic nitrogens is 2. The van der Waals surface area contributed by atoms with Crippen LogP contribution in [0.2, 0.25) is 0 Å². The zero-order valence-electron chi connectivity index (χ0n) is 9.46. The Balaban J connectivity index is 2.67. The van der Waals surface area contributed by atoms with Crippen LogP contribution in [0.4, 0.5) is 0 Å². The van der Waals surface area contributed by atoms with Crippen molar-refractivity contribution in [3.8, 4) is 0 Å². The molecule has 0 amide bonds. The molecule has 0 aliphatic heterocycles. The standard InChI is InChI=1S/C12H17N3/c1-8-4-5-10-11(15-8)9(6-14-10)12(2,3)7-13/h4-6,14H,7,13H2,1-3H3. The van der Waals surface area contributed by atoms with Gasteiger partial charge in [-0.05, 0) is 19.1 Å². The van der Waals surface area contributed by atoms with E-state index in [-0.39, 0.29) is 5.41 Å². The summed E-state index contributed by atoms with van der Waals surface area (Å²) in [5.41, 5.74) is 10.1. The molecule has 0 bridgehead atoms. The van der Waals surface area contributed by atoms with E-state index in [0.29, 0.717) is 6.54 Å². The average molecular weight is 203 g/mol. The molecular formula is C12H17N3. The Morgan fingerprint density at radius 3 is 2.80 bits per heavy atom. The summed E-state index contributed by atoms with van der Waals surface area (Å²) in [7, 11) is 0. The number of aryl methyl sites for hydroxylation is 1. The van der Waals surface area contributed by atoms with Crippen LogP contribution in [0.15, 0.2) is 18.3 Å². The summed E-state index contributed by atoms with van der Waals surface area (Å²) in [5, 5.41) is 0. The Kier molecular flexibility index (Phi) is 2.27. The first-order chi connectivity index (χ1) is 7.04. The van der Waals surface area contributed by atoms with Gasteiger partial charge in [0, 0.05) is 29.4 Å². The molecule has 0 saturated heterocycles. The van der Waals surface area contributed by atoms with Gasteiger partial charge in [0.15, 0.2) is 0 Å². The minimum absolute atomic E-state index is 0.0287. The predicted molar refractivity (Wildman–Crippen MR) is 62.9 cm³/mol. The quantitative estimate of drug-likeness (QED) is 0.785. The molecule has 3 heteroatoms. The van der Waals surface area contributed by atoms with Crippen LogP contribution in [0, 0.1) is 6.92 Å². The molecule has 0 fully saturated rings. The topological polar surface area (TPSA) is 54.7 Å². The molecule has 0 spiro atoms. The number of hydrogen-bond donors (Lipinski definition) is 2. The number of nitrogens with one attached hydrogen (secondary N) is 1. The van der Waals surface area contributed by atoms with E-state index >= 15 is 0 Å². The van der Waals surface area contributed by atoms with Crippen LogP contribution in [-0.4, -0.2) is 16.5 Å². The zero-order valence-corrected chi connectivity index (χ0v) is 9.46. The summed E-state index contributed by atoms with van der Waals surface area (Å²) in [4.78, 5) is 7.80. The van der Waals surface area contributed by atoms with Crippen LogP contribution in [0.5, 0.6) is 0 Å². The first kappa shape index (κ1) is 10.2. The highest BCUT2D eigenvalue weighted by atomic mass is 14.8. The molecular weight excluding hydrogens is 186 g/mol. The molecule has 0 atom stereocenters. The van der Waals surface area contributed by atoms with E-state index in [1.165, 1.54) is 5.56 Å². The van der Waals surface area contributed by atoms with Gasteiger partial charge in [-0.2, -0.15) is 0 Å². The summed E-state index contributed by atoms with van der Waals surface area (Å²) >= 11 is 0. The lowest BCUT2D eigenvalue weighted by atomic mass is 9.86. The van der Waals surface area contributed by atoms with Crippen molar-refractivity contribution in [1.82, 2.24) is 9.97 Å². The molecule has 2 aromatic heterocycles. The largest absolute Gasteiger partial charge is 0.360 e. The van der Waals surface area contributed by atoms with Gasteiger partial charge in [0.25, 0.3) is 0 Å². The Labute approximate surface area is 89.7 Å². The lowest BCUT2D eigenvalue weighted by Gasteiger charge is -2.21. The van der Waals surface area contributed by atoms with Crippen molar-refractivity contribution in [1.29, 1.82) is 0 Å². The molecule has 0 aliphatic rings. The van der Waals surface area contributed by atoms with Gasteiger partial charge in [-0.15, -0.1) is 0 Å². The van der Waals surface area contributed by atoms with Crippen molar-refractivity contribution >= 4 is 11.0 Å². The number of pyridine rings is 1. The SMILES string of the molecule is Cc1ccc2[nH]cc(C(C)(C)CN)c2n1. The van der Waals surface area contributed by atoms with E-state index in [1.807, 2.05) is 19.2 Å². The smallest absolute Gasteiger partial charge is 0.0919 e. The Morgan fingerprint density at radius 1 is 1.40 bits per heavy atom. The van der Waals surface area contributed by atoms with Gasteiger partial charge < -0.3 is 10.7 Å². The molecule has 0 saturated carbocycles. The first-order valence-corrected chi connectivity index (χ1v) is 5.20. The minimum atomic E-state index is -0.0287. The monoisotopic (exact) mass is 203 g/mol. The van der Waals surface area contributed by atoms with Crippen molar-refractivity contribution in [2.24, 2.45) is 5.73 Å². The molecule has 3 nitrogen and oxygen atoms in total. The van der Waals surface area contributed by atoms with Crippen molar-refractivity contribution < 1.29 is 0 Å². The molecule has 2 aromatic rings. The molecule has 0 radical (unpaired) electrons. The number of aromatic amines is 1. The van der Waals surface area contributed by atoms with Crippen LogP contribution in [0.25, 0.3) is 11.0 Å². The normalized spacial score (nSPS) is 12.3. The highest BCUT2D eigenvalue weighted by Crippen LogP contribution is 2.28. The molecule has 15 heavy (non-hydrogen) atoms. The molecule has 3 N–H and O–H groups in total. The molecule has 0 unspecified atom stereocenters. The maximum absolute atomic E-state index is 5.78. The van der Waals surface area contributed by atoms with Gasteiger partial charge in [0.1, 0.15) is 0 Å². The van der Waals surface area contributed by atoms with Gasteiger partial charge in [-0.3, -0.25) is 4.98 Å². The predicted octanol–water partition coefficient (Wildman–Crippen LogP) is 2.11. The van der Waals surface area contributed by atoms with E-state index in [1.54, 1.807) is 0 Å². The molecule has 80 valence electrons. The van der Waals surface area contributed by atoms with Crippen LogP contribution >= 0.6 is 0 Å². The lowest BCUT2D eigenvalue weighted by Crippen LogP contribution is -2.27. The average Bonchev–Trinajstić information content (AvgIpc) is 2.61. The molecule has 0 aromatic carbocycles. The van der Waals surface area contributed by atoms with Crippen molar-refractivity contribution in [3.05, 3.63) is 29.6 Å². The van der Waals surface area contributed by atoms with Crippen molar-refractivity contribution in [3.63, 3.8) is 0 Å². The van der Waals surface area contributed by atoms with E-state index in [2.05, 4.69) is 29.9 Å². The summed E-state index contributed by atoms with van der Waals surface area (Å²) in [5.74, 6) is 0. The Morgan fingerprint density at radius 2 is 2.13 bits per heavy atom.